The number of rotatable bonds is 7. The lowest BCUT2D eigenvalue weighted by Gasteiger charge is -2.22. The normalized spacial score (nSPS) is 10.6. The third kappa shape index (κ3) is 4.92. The topological polar surface area (TPSA) is 83.6 Å². The van der Waals surface area contributed by atoms with Gasteiger partial charge < -0.3 is 14.5 Å². The number of carboxylic acids is 1. The fourth-order valence-electron chi connectivity index (χ4n) is 2.40. The quantitative estimate of drug-likeness (QED) is 0.779. The van der Waals surface area contributed by atoms with Crippen LogP contribution in [-0.2, 0) is 22.6 Å². The van der Waals surface area contributed by atoms with Crippen molar-refractivity contribution in [3.8, 4) is 0 Å². The maximum absolute atomic E-state index is 12.7. The van der Waals surface area contributed by atoms with Crippen molar-refractivity contribution in [2.24, 2.45) is 0 Å². The molecule has 0 unspecified atom stereocenters. The van der Waals surface area contributed by atoms with Gasteiger partial charge in [0.15, 0.2) is 0 Å². The van der Waals surface area contributed by atoms with E-state index < -0.39 is 5.97 Å². The van der Waals surface area contributed by atoms with Crippen LogP contribution in [0.15, 0.2) is 33.3 Å². The summed E-state index contributed by atoms with van der Waals surface area (Å²) in [5.74, 6) is -0.466. The minimum Gasteiger partial charge on any atom is -0.481 e. The third-order valence-corrected chi connectivity index (χ3v) is 4.21. The second-order valence-electron chi connectivity index (χ2n) is 5.57. The van der Waals surface area contributed by atoms with Crippen LogP contribution in [0.2, 0.25) is 0 Å². The molecule has 1 amide bonds. The number of amides is 1. The van der Waals surface area contributed by atoms with E-state index in [0.717, 1.165) is 15.6 Å². The van der Waals surface area contributed by atoms with Gasteiger partial charge in [0.2, 0.25) is 5.91 Å². The third-order valence-electron chi connectivity index (χ3n) is 3.72. The number of halogens is 1. The Balaban J connectivity index is 2.15. The number of carbonyl (C=O) groups excluding carboxylic acids is 1. The number of carboxylic acid groups (broad SMARTS) is 1. The molecule has 2 aromatic rings. The number of nitrogens with zero attached hydrogens (tertiary/aromatic N) is 2. The highest BCUT2D eigenvalue weighted by molar-refractivity contribution is 9.10. The fraction of sp³-hybridized carbons (Fsp3) is 0.353. The van der Waals surface area contributed by atoms with E-state index in [-0.39, 0.29) is 25.3 Å². The zero-order valence-corrected chi connectivity index (χ0v) is 15.2. The second-order valence-corrected chi connectivity index (χ2v) is 6.48. The van der Waals surface area contributed by atoms with E-state index in [1.54, 1.807) is 18.7 Å². The maximum atomic E-state index is 12.7. The smallest absolute Gasteiger partial charge is 0.305 e. The van der Waals surface area contributed by atoms with Gasteiger partial charge in [-0.1, -0.05) is 33.2 Å². The van der Waals surface area contributed by atoms with Crippen LogP contribution >= 0.6 is 15.9 Å². The minimum absolute atomic E-state index is 0.0959. The standard InChI is InChI=1S/C17H19BrN2O4/c1-11-15(12(2)24-19-11)9-16(21)20(7-6-17(22)23)10-13-4-3-5-14(18)8-13/h3-5,8H,6-7,9-10H2,1-2H3,(H,22,23). The lowest BCUT2D eigenvalue weighted by molar-refractivity contribution is -0.138. The molecule has 0 aliphatic rings. The molecule has 0 bridgehead atoms. The lowest BCUT2D eigenvalue weighted by atomic mass is 10.1. The molecule has 0 spiro atoms. The van der Waals surface area contributed by atoms with Gasteiger partial charge in [-0.2, -0.15) is 0 Å². The second kappa shape index (κ2) is 8.10. The number of aryl methyl sites for hydroxylation is 2. The van der Waals surface area contributed by atoms with E-state index in [1.807, 2.05) is 24.3 Å². The number of aromatic nitrogens is 1. The van der Waals surface area contributed by atoms with Gasteiger partial charge in [0.1, 0.15) is 5.76 Å². The van der Waals surface area contributed by atoms with Gasteiger partial charge in [0, 0.05) is 23.1 Å². The van der Waals surface area contributed by atoms with Crippen LogP contribution < -0.4 is 0 Å². The molecule has 1 N–H and O–H groups in total. The molecular formula is C17H19BrN2O4. The molecule has 2 rings (SSSR count). The molecule has 6 nitrogen and oxygen atoms in total. The van der Waals surface area contributed by atoms with Crippen molar-refractivity contribution >= 4 is 27.8 Å². The first-order valence-electron chi connectivity index (χ1n) is 7.52. The number of benzene rings is 1. The van der Waals surface area contributed by atoms with Crippen LogP contribution in [0.5, 0.6) is 0 Å². The van der Waals surface area contributed by atoms with Gasteiger partial charge in [-0.25, -0.2) is 0 Å². The highest BCUT2D eigenvalue weighted by Crippen LogP contribution is 2.17. The Morgan fingerprint density at radius 3 is 2.67 bits per heavy atom. The van der Waals surface area contributed by atoms with Crippen LogP contribution in [0.25, 0.3) is 0 Å². The van der Waals surface area contributed by atoms with Crippen molar-refractivity contribution in [1.82, 2.24) is 10.1 Å². The van der Waals surface area contributed by atoms with Gasteiger partial charge in [-0.15, -0.1) is 0 Å². The Morgan fingerprint density at radius 2 is 2.08 bits per heavy atom. The van der Waals surface area contributed by atoms with Crippen molar-refractivity contribution in [3.05, 3.63) is 51.3 Å². The minimum atomic E-state index is -0.931. The van der Waals surface area contributed by atoms with Crippen molar-refractivity contribution < 1.29 is 19.2 Å². The molecule has 128 valence electrons. The van der Waals surface area contributed by atoms with E-state index in [0.29, 0.717) is 18.0 Å². The number of hydrogen-bond donors (Lipinski definition) is 1. The Kier molecular flexibility index (Phi) is 6.14. The molecule has 1 heterocycles. The Morgan fingerprint density at radius 1 is 1.33 bits per heavy atom. The predicted molar refractivity (Wildman–Crippen MR) is 91.5 cm³/mol. The summed E-state index contributed by atoms with van der Waals surface area (Å²) in [6.07, 6.45) is 0.0517. The van der Waals surface area contributed by atoms with E-state index in [9.17, 15) is 9.59 Å². The first kappa shape index (κ1) is 18.2. The average Bonchev–Trinajstić information content (AvgIpc) is 2.83. The van der Waals surface area contributed by atoms with E-state index >= 15 is 0 Å². The van der Waals surface area contributed by atoms with Crippen LogP contribution in [-0.4, -0.2) is 33.6 Å². The van der Waals surface area contributed by atoms with Crippen LogP contribution in [0, 0.1) is 13.8 Å². The monoisotopic (exact) mass is 394 g/mol. The van der Waals surface area contributed by atoms with Gasteiger partial charge in [0.25, 0.3) is 0 Å². The molecule has 0 radical (unpaired) electrons. The summed E-state index contributed by atoms with van der Waals surface area (Å²) in [4.78, 5) is 25.1. The molecule has 24 heavy (non-hydrogen) atoms. The number of hydrogen-bond acceptors (Lipinski definition) is 4. The largest absolute Gasteiger partial charge is 0.481 e. The zero-order valence-electron chi connectivity index (χ0n) is 13.6. The summed E-state index contributed by atoms with van der Waals surface area (Å²) >= 11 is 3.40. The number of carbonyl (C=O) groups is 2. The van der Waals surface area contributed by atoms with Gasteiger partial charge in [-0.3, -0.25) is 9.59 Å². The van der Waals surface area contributed by atoms with E-state index in [2.05, 4.69) is 21.1 Å². The summed E-state index contributed by atoms with van der Waals surface area (Å²) in [5.41, 5.74) is 2.37. The summed E-state index contributed by atoms with van der Waals surface area (Å²) in [5, 5.41) is 12.8. The summed E-state index contributed by atoms with van der Waals surface area (Å²) < 4.78 is 6.00. The zero-order chi connectivity index (χ0) is 17.7. The van der Waals surface area contributed by atoms with Crippen LogP contribution in [0.3, 0.4) is 0 Å². The van der Waals surface area contributed by atoms with Crippen molar-refractivity contribution in [3.63, 3.8) is 0 Å². The van der Waals surface area contributed by atoms with E-state index in [1.165, 1.54) is 0 Å². The molecule has 0 saturated heterocycles. The molecule has 1 aromatic heterocycles. The molecular weight excluding hydrogens is 376 g/mol. The first-order chi connectivity index (χ1) is 11.4. The Hall–Kier alpha value is -2.15. The summed E-state index contributed by atoms with van der Waals surface area (Å²) in [6, 6.07) is 7.60. The van der Waals surface area contributed by atoms with E-state index in [4.69, 9.17) is 9.63 Å². The molecule has 0 aliphatic heterocycles. The fourth-order valence-corrected chi connectivity index (χ4v) is 2.84. The molecule has 0 fully saturated rings. The molecule has 0 saturated carbocycles. The first-order valence-corrected chi connectivity index (χ1v) is 8.32. The summed E-state index contributed by atoms with van der Waals surface area (Å²) in [6.45, 7) is 4.06. The van der Waals surface area contributed by atoms with Crippen molar-refractivity contribution in [2.45, 2.75) is 33.2 Å². The predicted octanol–water partition coefficient (Wildman–Crippen LogP) is 3.10. The molecule has 0 atom stereocenters. The summed E-state index contributed by atoms with van der Waals surface area (Å²) in [7, 11) is 0. The Labute approximate surface area is 148 Å². The highest BCUT2D eigenvalue weighted by atomic mass is 79.9. The average molecular weight is 395 g/mol. The molecule has 7 heteroatoms. The maximum Gasteiger partial charge on any atom is 0.305 e. The number of aliphatic carboxylic acids is 1. The SMILES string of the molecule is Cc1noc(C)c1CC(=O)N(CCC(=O)O)Cc1cccc(Br)c1. The van der Waals surface area contributed by atoms with Crippen molar-refractivity contribution in [1.29, 1.82) is 0 Å². The lowest BCUT2D eigenvalue weighted by Crippen LogP contribution is -2.34. The highest BCUT2D eigenvalue weighted by Gasteiger charge is 2.20. The van der Waals surface area contributed by atoms with Gasteiger partial charge in [0.05, 0.1) is 18.5 Å². The Bertz CT molecular complexity index is 722. The van der Waals surface area contributed by atoms with Gasteiger partial charge in [-0.05, 0) is 31.5 Å². The van der Waals surface area contributed by atoms with Gasteiger partial charge >= 0.3 is 5.97 Å². The molecule has 1 aromatic carbocycles. The molecule has 0 aliphatic carbocycles. The van der Waals surface area contributed by atoms with Crippen LogP contribution in [0.1, 0.15) is 29.0 Å². The van der Waals surface area contributed by atoms with Crippen molar-refractivity contribution in [2.75, 3.05) is 6.54 Å². The van der Waals surface area contributed by atoms with Crippen LogP contribution in [0.4, 0.5) is 0 Å².